The molecular weight excluding hydrogens is 340 g/mol. The Kier molecular flexibility index (Phi) is 4.14. The van der Waals surface area contributed by atoms with Crippen LogP contribution in [0, 0.1) is 0 Å². The zero-order chi connectivity index (χ0) is 18.3. The van der Waals surface area contributed by atoms with Crippen LogP contribution in [-0.2, 0) is 21.7 Å². The predicted molar refractivity (Wildman–Crippen MR) is 103 cm³/mol. The fourth-order valence-electron chi connectivity index (χ4n) is 4.50. The van der Waals surface area contributed by atoms with Gasteiger partial charge in [0, 0.05) is 30.9 Å². The third kappa shape index (κ3) is 2.91. The van der Waals surface area contributed by atoms with E-state index >= 15 is 0 Å². The van der Waals surface area contributed by atoms with Gasteiger partial charge in [0.2, 0.25) is 0 Å². The molecule has 0 saturated carbocycles. The Morgan fingerprint density at radius 3 is 2.56 bits per heavy atom. The lowest BCUT2D eigenvalue weighted by molar-refractivity contribution is -0.0282. The molecule has 2 fully saturated rings. The van der Waals surface area contributed by atoms with Crippen molar-refractivity contribution in [3.05, 3.63) is 65.2 Å². The summed E-state index contributed by atoms with van der Waals surface area (Å²) in [6.07, 6.45) is 0.863. The Hall–Kier alpha value is -2.37. The molecule has 3 aliphatic heterocycles. The number of morpholine rings is 1. The lowest BCUT2D eigenvalue weighted by Gasteiger charge is -2.29. The van der Waals surface area contributed by atoms with Gasteiger partial charge < -0.3 is 19.3 Å². The minimum Gasteiger partial charge on any atom is -0.378 e. The second-order valence-corrected chi connectivity index (χ2v) is 7.56. The van der Waals surface area contributed by atoms with E-state index in [-0.39, 0.29) is 11.5 Å². The zero-order valence-electron chi connectivity index (χ0n) is 15.4. The van der Waals surface area contributed by atoms with Crippen LogP contribution < -0.4 is 4.90 Å². The van der Waals surface area contributed by atoms with Crippen molar-refractivity contribution in [1.29, 1.82) is 0 Å². The van der Waals surface area contributed by atoms with Gasteiger partial charge in [-0.05, 0) is 41.8 Å². The minimum atomic E-state index is -0.319. The molecule has 2 saturated heterocycles. The van der Waals surface area contributed by atoms with Gasteiger partial charge in [0.1, 0.15) is 5.60 Å². The highest BCUT2D eigenvalue weighted by atomic mass is 16.5. The van der Waals surface area contributed by atoms with Gasteiger partial charge in [-0.1, -0.05) is 24.3 Å². The molecule has 0 aromatic heterocycles. The van der Waals surface area contributed by atoms with Crippen molar-refractivity contribution in [3.8, 4) is 0 Å². The number of hydrogen-bond acceptors (Lipinski definition) is 4. The van der Waals surface area contributed by atoms with Gasteiger partial charge in [-0.25, -0.2) is 0 Å². The van der Waals surface area contributed by atoms with Gasteiger partial charge in [-0.15, -0.1) is 0 Å². The molecule has 1 atom stereocenters. The van der Waals surface area contributed by atoms with E-state index in [9.17, 15) is 4.79 Å². The topological polar surface area (TPSA) is 42.0 Å². The maximum absolute atomic E-state index is 13.0. The molecule has 2 aromatic rings. The van der Waals surface area contributed by atoms with Crippen molar-refractivity contribution >= 4 is 11.6 Å². The van der Waals surface area contributed by atoms with Crippen LogP contribution in [0.3, 0.4) is 0 Å². The molecule has 0 aliphatic carbocycles. The number of amides is 1. The standard InChI is InChI=1S/C22H24N2O3/c25-21(17-5-7-19(8-6-17)23-11-13-26-14-12-23)24-10-9-22(16-24)20-4-2-1-3-18(20)15-27-22/h1-8H,9-16H2/t22-/m0/s1. The molecule has 3 aliphatic rings. The second-order valence-electron chi connectivity index (χ2n) is 7.56. The summed E-state index contributed by atoms with van der Waals surface area (Å²) in [6.45, 7) is 5.34. The molecular formula is C22H24N2O3. The molecule has 1 amide bonds. The molecule has 5 nitrogen and oxygen atoms in total. The number of benzene rings is 2. The van der Waals surface area contributed by atoms with Crippen LogP contribution in [0.2, 0.25) is 0 Å². The van der Waals surface area contributed by atoms with E-state index in [0.717, 1.165) is 50.5 Å². The van der Waals surface area contributed by atoms with Gasteiger partial charge in [0.25, 0.3) is 5.91 Å². The molecule has 3 heterocycles. The van der Waals surface area contributed by atoms with Gasteiger partial charge in [-0.2, -0.15) is 0 Å². The van der Waals surface area contributed by atoms with Crippen molar-refractivity contribution in [2.24, 2.45) is 0 Å². The number of hydrogen-bond donors (Lipinski definition) is 0. The van der Waals surface area contributed by atoms with Crippen molar-refractivity contribution in [1.82, 2.24) is 4.90 Å². The van der Waals surface area contributed by atoms with Crippen molar-refractivity contribution < 1.29 is 14.3 Å². The molecule has 2 aromatic carbocycles. The van der Waals surface area contributed by atoms with Crippen LogP contribution in [0.25, 0.3) is 0 Å². The Balaban J connectivity index is 1.31. The summed E-state index contributed by atoms with van der Waals surface area (Å²) in [5.41, 5.74) is 4.08. The van der Waals surface area contributed by atoms with Crippen LogP contribution in [0.5, 0.6) is 0 Å². The van der Waals surface area contributed by atoms with Crippen LogP contribution in [0.4, 0.5) is 5.69 Å². The highest BCUT2D eigenvalue weighted by molar-refractivity contribution is 5.95. The van der Waals surface area contributed by atoms with Gasteiger partial charge in [-0.3, -0.25) is 4.79 Å². The third-order valence-electron chi connectivity index (χ3n) is 6.02. The Morgan fingerprint density at radius 1 is 0.963 bits per heavy atom. The lowest BCUT2D eigenvalue weighted by atomic mass is 9.92. The van der Waals surface area contributed by atoms with Crippen LogP contribution in [0.1, 0.15) is 27.9 Å². The largest absolute Gasteiger partial charge is 0.378 e. The first kappa shape index (κ1) is 16.8. The third-order valence-corrected chi connectivity index (χ3v) is 6.02. The number of ether oxygens (including phenoxy) is 2. The maximum Gasteiger partial charge on any atom is 0.253 e. The number of fused-ring (bicyclic) bond motifs is 2. The maximum atomic E-state index is 13.0. The normalized spacial score (nSPS) is 24.4. The molecule has 27 heavy (non-hydrogen) atoms. The van der Waals surface area contributed by atoms with E-state index in [4.69, 9.17) is 9.47 Å². The van der Waals surface area contributed by atoms with Crippen molar-refractivity contribution in [2.75, 3.05) is 44.3 Å². The average molecular weight is 364 g/mol. The number of likely N-dealkylation sites (tertiary alicyclic amines) is 1. The smallest absolute Gasteiger partial charge is 0.253 e. The summed E-state index contributed by atoms with van der Waals surface area (Å²) in [6, 6.07) is 16.4. The first-order valence-corrected chi connectivity index (χ1v) is 9.70. The van der Waals surface area contributed by atoms with Gasteiger partial charge >= 0.3 is 0 Å². The van der Waals surface area contributed by atoms with Crippen LogP contribution in [-0.4, -0.2) is 50.2 Å². The first-order chi connectivity index (χ1) is 13.3. The molecule has 5 rings (SSSR count). The molecule has 0 bridgehead atoms. The summed E-state index contributed by atoms with van der Waals surface area (Å²) in [5.74, 6) is 0.0911. The Morgan fingerprint density at radius 2 is 1.74 bits per heavy atom. The summed E-state index contributed by atoms with van der Waals surface area (Å²) in [4.78, 5) is 17.3. The number of nitrogens with zero attached hydrogens (tertiary/aromatic N) is 2. The second kappa shape index (κ2) is 6.66. The van der Waals surface area contributed by atoms with Crippen LogP contribution in [0.15, 0.2) is 48.5 Å². The SMILES string of the molecule is O=C(c1ccc(N2CCOCC2)cc1)N1CC[C@@]2(C1)OCc1ccccc12. The van der Waals surface area contributed by atoms with E-state index in [1.165, 1.54) is 11.1 Å². The predicted octanol–water partition coefficient (Wildman–Crippen LogP) is 2.79. The van der Waals surface area contributed by atoms with E-state index in [1.807, 2.05) is 29.2 Å². The number of carbonyl (C=O) groups is 1. The van der Waals surface area contributed by atoms with Gasteiger partial charge in [0.15, 0.2) is 0 Å². The highest BCUT2D eigenvalue weighted by Gasteiger charge is 2.46. The summed E-state index contributed by atoms with van der Waals surface area (Å²) in [5, 5.41) is 0. The molecule has 5 heteroatoms. The number of carbonyl (C=O) groups excluding carboxylic acids is 1. The quantitative estimate of drug-likeness (QED) is 0.822. The molecule has 1 spiro atoms. The van der Waals surface area contributed by atoms with E-state index in [2.05, 4.69) is 29.2 Å². The summed E-state index contributed by atoms with van der Waals surface area (Å²) >= 11 is 0. The highest BCUT2D eigenvalue weighted by Crippen LogP contribution is 2.43. The number of anilines is 1. The number of rotatable bonds is 2. The van der Waals surface area contributed by atoms with Crippen molar-refractivity contribution in [2.45, 2.75) is 18.6 Å². The summed E-state index contributed by atoms with van der Waals surface area (Å²) < 4.78 is 11.6. The monoisotopic (exact) mass is 364 g/mol. The van der Waals surface area contributed by atoms with E-state index in [1.54, 1.807) is 0 Å². The van der Waals surface area contributed by atoms with E-state index in [0.29, 0.717) is 13.2 Å². The lowest BCUT2D eigenvalue weighted by Crippen LogP contribution is -2.36. The zero-order valence-corrected chi connectivity index (χ0v) is 15.4. The molecule has 0 radical (unpaired) electrons. The molecule has 0 unspecified atom stereocenters. The van der Waals surface area contributed by atoms with Crippen molar-refractivity contribution in [3.63, 3.8) is 0 Å². The summed E-state index contributed by atoms with van der Waals surface area (Å²) in [7, 11) is 0. The Labute approximate surface area is 159 Å². The fraction of sp³-hybridized carbons (Fsp3) is 0.409. The Bertz CT molecular complexity index is 845. The minimum absolute atomic E-state index is 0.0911. The van der Waals surface area contributed by atoms with E-state index < -0.39 is 0 Å². The van der Waals surface area contributed by atoms with Crippen LogP contribution >= 0.6 is 0 Å². The molecule has 140 valence electrons. The van der Waals surface area contributed by atoms with Gasteiger partial charge in [0.05, 0.1) is 26.4 Å². The first-order valence-electron chi connectivity index (χ1n) is 9.70. The fourth-order valence-corrected chi connectivity index (χ4v) is 4.50. The average Bonchev–Trinajstić information content (AvgIpc) is 3.34. The molecule has 0 N–H and O–H groups in total.